The minimum absolute atomic E-state index is 1.02. The second-order valence-electron chi connectivity index (χ2n) is 5.06. The van der Waals surface area contributed by atoms with Gasteiger partial charge in [-0.1, -0.05) is 48.6 Å². The predicted octanol–water partition coefficient (Wildman–Crippen LogP) is 3.92. The Balaban J connectivity index is 2.03. The summed E-state index contributed by atoms with van der Waals surface area (Å²) in [6.07, 6.45) is 5.55. The summed E-state index contributed by atoms with van der Waals surface area (Å²) in [7, 11) is 2.01. The van der Waals surface area contributed by atoms with E-state index >= 15 is 0 Å². The lowest BCUT2D eigenvalue weighted by atomic mass is 10.1. The van der Waals surface area contributed by atoms with Crippen LogP contribution in [-0.4, -0.2) is 20.1 Å². The Bertz CT molecular complexity index is 567. The second-order valence-corrected chi connectivity index (χ2v) is 5.06. The first-order valence-corrected chi connectivity index (χ1v) is 7.18. The van der Waals surface area contributed by atoms with Crippen LogP contribution in [0.3, 0.4) is 0 Å². The molecule has 0 atom stereocenters. The van der Waals surface area contributed by atoms with Gasteiger partial charge in [-0.15, -0.1) is 0 Å². The normalized spacial score (nSPS) is 12.8. The Morgan fingerprint density at radius 3 is 1.95 bits per heavy atom. The highest BCUT2D eigenvalue weighted by Gasteiger charge is 2.16. The summed E-state index contributed by atoms with van der Waals surface area (Å²) in [6, 6.07) is 17.2. The maximum Gasteiger partial charge on any atom is 0.0484 e. The summed E-state index contributed by atoms with van der Waals surface area (Å²) in [5, 5.41) is 3.23. The van der Waals surface area contributed by atoms with Crippen LogP contribution in [0.15, 0.2) is 48.5 Å². The van der Waals surface area contributed by atoms with E-state index in [2.05, 4.69) is 70.9 Å². The summed E-state index contributed by atoms with van der Waals surface area (Å²) < 4.78 is 0. The third-order valence-corrected chi connectivity index (χ3v) is 3.71. The summed E-state index contributed by atoms with van der Waals surface area (Å²) in [4.78, 5) is 2.43. The van der Waals surface area contributed by atoms with Gasteiger partial charge in [0.2, 0.25) is 0 Å². The van der Waals surface area contributed by atoms with Crippen molar-refractivity contribution in [2.75, 3.05) is 25.0 Å². The zero-order valence-electron chi connectivity index (χ0n) is 11.8. The molecule has 1 aliphatic heterocycles. The molecule has 102 valence electrons. The summed E-state index contributed by atoms with van der Waals surface area (Å²) in [5.41, 5.74) is 5.16. The van der Waals surface area contributed by atoms with Crippen LogP contribution in [0.4, 0.5) is 11.4 Å². The zero-order valence-corrected chi connectivity index (χ0v) is 11.8. The van der Waals surface area contributed by atoms with Gasteiger partial charge in [0.1, 0.15) is 0 Å². The third kappa shape index (κ3) is 2.47. The first-order valence-electron chi connectivity index (χ1n) is 7.18. The molecular weight excluding hydrogens is 244 g/mol. The Kier molecular flexibility index (Phi) is 3.84. The molecule has 2 aromatic carbocycles. The second kappa shape index (κ2) is 5.93. The minimum Gasteiger partial charge on any atom is -0.340 e. The average molecular weight is 264 g/mol. The monoisotopic (exact) mass is 264 g/mol. The zero-order chi connectivity index (χ0) is 13.8. The highest BCUT2D eigenvalue weighted by molar-refractivity contribution is 5.88. The smallest absolute Gasteiger partial charge is 0.0484 e. The molecule has 0 aliphatic carbocycles. The van der Waals surface area contributed by atoms with Gasteiger partial charge >= 0.3 is 0 Å². The molecule has 0 spiro atoms. The van der Waals surface area contributed by atoms with E-state index in [4.69, 9.17) is 0 Å². The van der Waals surface area contributed by atoms with E-state index in [0.29, 0.717) is 0 Å². The SMILES string of the molecule is CNCCCN1c2ccccc2C=Cc2ccccc21. The molecule has 0 amide bonds. The van der Waals surface area contributed by atoms with E-state index < -0.39 is 0 Å². The number of benzene rings is 2. The number of hydrogen-bond donors (Lipinski definition) is 1. The van der Waals surface area contributed by atoms with E-state index in [1.165, 1.54) is 22.5 Å². The van der Waals surface area contributed by atoms with Crippen molar-refractivity contribution in [1.29, 1.82) is 0 Å². The number of para-hydroxylation sites is 2. The van der Waals surface area contributed by atoms with Crippen LogP contribution >= 0.6 is 0 Å². The molecule has 0 bridgehead atoms. The van der Waals surface area contributed by atoms with Crippen molar-refractivity contribution >= 4 is 23.5 Å². The number of fused-ring (bicyclic) bond motifs is 2. The minimum atomic E-state index is 1.02. The van der Waals surface area contributed by atoms with Crippen LogP contribution in [0.1, 0.15) is 17.5 Å². The molecule has 3 rings (SSSR count). The standard InChI is InChI=1S/C18H20N2/c1-19-13-6-14-20-17-9-4-2-7-15(17)11-12-16-8-3-5-10-18(16)20/h2-5,7-12,19H,6,13-14H2,1H3. The Hall–Kier alpha value is -2.06. The van der Waals surface area contributed by atoms with Crippen molar-refractivity contribution in [3.63, 3.8) is 0 Å². The van der Waals surface area contributed by atoms with E-state index in [1.807, 2.05) is 7.05 Å². The van der Waals surface area contributed by atoms with E-state index in [9.17, 15) is 0 Å². The summed E-state index contributed by atoms with van der Waals surface area (Å²) in [5.74, 6) is 0. The number of nitrogens with zero attached hydrogens (tertiary/aromatic N) is 1. The van der Waals surface area contributed by atoms with Crippen molar-refractivity contribution < 1.29 is 0 Å². The van der Waals surface area contributed by atoms with E-state index in [1.54, 1.807) is 0 Å². The average Bonchev–Trinajstić information content (AvgIpc) is 2.66. The van der Waals surface area contributed by atoms with Crippen molar-refractivity contribution in [1.82, 2.24) is 5.32 Å². The van der Waals surface area contributed by atoms with Gasteiger partial charge in [-0.05, 0) is 43.3 Å². The molecule has 1 N–H and O–H groups in total. The molecule has 0 fully saturated rings. The van der Waals surface area contributed by atoms with Crippen molar-refractivity contribution in [2.45, 2.75) is 6.42 Å². The summed E-state index contributed by atoms with van der Waals surface area (Å²) >= 11 is 0. The highest BCUT2D eigenvalue weighted by atomic mass is 15.1. The van der Waals surface area contributed by atoms with Gasteiger partial charge in [0.15, 0.2) is 0 Å². The molecule has 2 heteroatoms. The molecule has 1 heterocycles. The Labute approximate surface area is 120 Å². The van der Waals surface area contributed by atoms with Crippen LogP contribution in [0.5, 0.6) is 0 Å². The Morgan fingerprint density at radius 1 is 0.850 bits per heavy atom. The van der Waals surface area contributed by atoms with E-state index in [0.717, 1.165) is 19.5 Å². The fraction of sp³-hybridized carbons (Fsp3) is 0.222. The number of nitrogens with one attached hydrogen (secondary N) is 1. The third-order valence-electron chi connectivity index (χ3n) is 3.71. The lowest BCUT2D eigenvalue weighted by Crippen LogP contribution is -2.22. The van der Waals surface area contributed by atoms with E-state index in [-0.39, 0.29) is 0 Å². The molecule has 0 aromatic heterocycles. The van der Waals surface area contributed by atoms with Gasteiger partial charge in [-0.2, -0.15) is 0 Å². The predicted molar refractivity (Wildman–Crippen MR) is 87.4 cm³/mol. The van der Waals surface area contributed by atoms with Gasteiger partial charge in [0, 0.05) is 17.9 Å². The van der Waals surface area contributed by atoms with Crippen LogP contribution < -0.4 is 10.2 Å². The fourth-order valence-corrected chi connectivity index (χ4v) is 2.71. The van der Waals surface area contributed by atoms with Crippen molar-refractivity contribution in [3.8, 4) is 0 Å². The molecule has 20 heavy (non-hydrogen) atoms. The van der Waals surface area contributed by atoms with Crippen molar-refractivity contribution in [2.24, 2.45) is 0 Å². The van der Waals surface area contributed by atoms with Gasteiger partial charge < -0.3 is 10.2 Å². The van der Waals surface area contributed by atoms with Gasteiger partial charge in [-0.25, -0.2) is 0 Å². The Morgan fingerprint density at radius 2 is 1.40 bits per heavy atom. The summed E-state index contributed by atoms with van der Waals surface area (Å²) in [6.45, 7) is 2.06. The van der Waals surface area contributed by atoms with Gasteiger partial charge in [-0.3, -0.25) is 0 Å². The fourth-order valence-electron chi connectivity index (χ4n) is 2.71. The lowest BCUT2D eigenvalue weighted by molar-refractivity contribution is 0.723. The molecule has 1 aliphatic rings. The van der Waals surface area contributed by atoms with Gasteiger partial charge in [0.25, 0.3) is 0 Å². The molecule has 2 aromatic rings. The molecule has 0 unspecified atom stereocenters. The maximum atomic E-state index is 3.23. The molecular formula is C18H20N2. The van der Waals surface area contributed by atoms with Crippen molar-refractivity contribution in [3.05, 3.63) is 59.7 Å². The van der Waals surface area contributed by atoms with Crippen LogP contribution in [0.25, 0.3) is 12.2 Å². The number of rotatable bonds is 4. The highest BCUT2D eigenvalue weighted by Crippen LogP contribution is 2.35. The quantitative estimate of drug-likeness (QED) is 0.842. The largest absolute Gasteiger partial charge is 0.340 e. The molecule has 0 saturated heterocycles. The molecule has 2 nitrogen and oxygen atoms in total. The molecule has 0 radical (unpaired) electrons. The lowest BCUT2D eigenvalue weighted by Gasteiger charge is -2.27. The van der Waals surface area contributed by atoms with Gasteiger partial charge in [0.05, 0.1) is 0 Å². The topological polar surface area (TPSA) is 15.3 Å². The maximum absolute atomic E-state index is 3.23. The number of hydrogen-bond acceptors (Lipinski definition) is 2. The first kappa shape index (κ1) is 12.9. The van der Waals surface area contributed by atoms with Crippen LogP contribution in [0, 0.1) is 0 Å². The first-order chi connectivity index (χ1) is 9.90. The van der Waals surface area contributed by atoms with Crippen LogP contribution in [0.2, 0.25) is 0 Å². The molecule has 0 saturated carbocycles. The number of anilines is 2. The van der Waals surface area contributed by atoms with Crippen LogP contribution in [-0.2, 0) is 0 Å².